The SMILES string of the molecule is CCOC(=O)OC(C)Oc1ccc(C[C@H]2C(=O)N(Cc3cccc4cccnc34)[C@@H](C)C3N2C(=O)CN(C)N3C(=O)NCc2ccccc2)cc1. The number of rotatable bonds is 10. The number of urea groups is 1. The van der Waals surface area contributed by atoms with Crippen molar-refractivity contribution in [2.24, 2.45) is 0 Å². The van der Waals surface area contributed by atoms with Gasteiger partial charge < -0.3 is 29.3 Å². The number of hydrazine groups is 1. The molecule has 266 valence electrons. The van der Waals surface area contributed by atoms with E-state index < -0.39 is 30.7 Å². The van der Waals surface area contributed by atoms with Crippen molar-refractivity contribution in [2.45, 2.75) is 64.8 Å². The minimum Gasteiger partial charge on any atom is -0.455 e. The first-order chi connectivity index (χ1) is 24.6. The number of piperazine rings is 1. The maximum atomic E-state index is 14.6. The summed E-state index contributed by atoms with van der Waals surface area (Å²) in [6.07, 6.45) is -0.596. The molecule has 0 saturated carbocycles. The zero-order chi connectivity index (χ0) is 36.1. The van der Waals surface area contributed by atoms with Crippen LogP contribution < -0.4 is 10.1 Å². The number of para-hydroxylation sites is 1. The Morgan fingerprint density at radius 1 is 0.961 bits per heavy atom. The van der Waals surface area contributed by atoms with E-state index in [1.54, 1.807) is 71.2 Å². The molecule has 4 amide bonds. The van der Waals surface area contributed by atoms with Crippen LogP contribution in [0.15, 0.2) is 91.1 Å². The first-order valence-corrected chi connectivity index (χ1v) is 17.0. The Balaban J connectivity index is 1.30. The molecule has 4 atom stereocenters. The fourth-order valence-electron chi connectivity index (χ4n) is 6.73. The zero-order valence-electron chi connectivity index (χ0n) is 29.1. The summed E-state index contributed by atoms with van der Waals surface area (Å²) in [5.74, 6) is -0.0405. The van der Waals surface area contributed by atoms with Crippen LogP contribution >= 0.6 is 0 Å². The average Bonchev–Trinajstić information content (AvgIpc) is 3.12. The Hall–Kier alpha value is -5.69. The standard InChI is InChI=1S/C38H42N6O7/c1-5-49-38(48)51-26(3)50-31-18-16-27(17-19-31)21-32-36(46)42(23-30-14-9-13-29-15-10-20-39-34(29)30)25(2)35-43(32)33(45)24-41(4)44(35)37(47)40-22-28-11-7-6-8-12-28/h6-20,25-26,32,35H,5,21-24H2,1-4H3,(H,40,47)/t25-,26?,32-,35?/m0/s1. The number of carbonyl (C=O) groups excluding carboxylic acids is 4. The van der Waals surface area contributed by atoms with Gasteiger partial charge in [0.25, 0.3) is 0 Å². The molecule has 2 saturated heterocycles. The van der Waals surface area contributed by atoms with E-state index in [0.717, 1.165) is 27.6 Å². The van der Waals surface area contributed by atoms with Gasteiger partial charge in [-0.1, -0.05) is 66.7 Å². The number of benzene rings is 3. The summed E-state index contributed by atoms with van der Waals surface area (Å²) in [4.78, 5) is 62.1. The molecule has 2 aliphatic heterocycles. The summed E-state index contributed by atoms with van der Waals surface area (Å²) in [5, 5.41) is 7.14. The van der Waals surface area contributed by atoms with E-state index in [2.05, 4.69) is 10.3 Å². The second-order valence-electron chi connectivity index (χ2n) is 12.6. The summed E-state index contributed by atoms with van der Waals surface area (Å²) < 4.78 is 15.6. The lowest BCUT2D eigenvalue weighted by molar-refractivity contribution is -0.196. The third kappa shape index (κ3) is 7.73. The molecule has 51 heavy (non-hydrogen) atoms. The largest absolute Gasteiger partial charge is 0.511 e. The Morgan fingerprint density at radius 2 is 1.71 bits per heavy atom. The molecule has 0 spiro atoms. The molecule has 2 fully saturated rings. The second kappa shape index (κ2) is 15.5. The number of likely N-dealkylation sites (N-methyl/N-ethyl adjacent to an activating group) is 1. The third-order valence-electron chi connectivity index (χ3n) is 9.11. The van der Waals surface area contributed by atoms with Crippen LogP contribution in [0.3, 0.4) is 0 Å². The number of hydrogen-bond donors (Lipinski definition) is 1. The van der Waals surface area contributed by atoms with Gasteiger partial charge in [0.15, 0.2) is 0 Å². The lowest BCUT2D eigenvalue weighted by Crippen LogP contribution is -2.78. The highest BCUT2D eigenvalue weighted by Crippen LogP contribution is 2.33. The van der Waals surface area contributed by atoms with Crippen molar-refractivity contribution >= 4 is 34.9 Å². The van der Waals surface area contributed by atoms with Crippen molar-refractivity contribution in [1.82, 2.24) is 30.1 Å². The van der Waals surface area contributed by atoms with Crippen molar-refractivity contribution in [3.05, 3.63) is 108 Å². The van der Waals surface area contributed by atoms with Crippen molar-refractivity contribution in [3.63, 3.8) is 0 Å². The second-order valence-corrected chi connectivity index (χ2v) is 12.6. The van der Waals surface area contributed by atoms with Crippen molar-refractivity contribution < 1.29 is 33.4 Å². The Labute approximate surface area is 296 Å². The summed E-state index contributed by atoms with van der Waals surface area (Å²) in [7, 11) is 1.71. The molecule has 1 N–H and O–H groups in total. The van der Waals surface area contributed by atoms with Gasteiger partial charge in [-0.05, 0) is 48.7 Å². The van der Waals surface area contributed by atoms with Gasteiger partial charge in [-0.25, -0.2) is 19.6 Å². The molecule has 1 aromatic heterocycles. The highest BCUT2D eigenvalue weighted by Gasteiger charge is 2.54. The molecule has 2 aliphatic rings. The smallest absolute Gasteiger partial charge is 0.455 e. The van der Waals surface area contributed by atoms with E-state index in [1.807, 2.05) is 67.6 Å². The molecule has 4 aromatic rings. The maximum absolute atomic E-state index is 14.6. The summed E-state index contributed by atoms with van der Waals surface area (Å²) in [5.41, 5.74) is 3.34. The quantitative estimate of drug-likeness (QED) is 0.185. The lowest BCUT2D eigenvalue weighted by Gasteiger charge is -2.57. The highest BCUT2D eigenvalue weighted by molar-refractivity contribution is 5.92. The normalized spacial score (nSPS) is 19.8. The van der Waals surface area contributed by atoms with Crippen LogP contribution in [-0.4, -0.2) is 93.5 Å². The molecule has 13 heteroatoms. The van der Waals surface area contributed by atoms with Gasteiger partial charge in [0, 0.05) is 45.1 Å². The number of pyridine rings is 1. The van der Waals surface area contributed by atoms with E-state index in [9.17, 15) is 19.2 Å². The van der Waals surface area contributed by atoms with E-state index >= 15 is 0 Å². The first kappa shape index (κ1) is 35.1. The monoisotopic (exact) mass is 694 g/mol. The number of ether oxygens (including phenoxy) is 3. The minimum atomic E-state index is -0.905. The van der Waals surface area contributed by atoms with E-state index in [-0.39, 0.29) is 44.0 Å². The van der Waals surface area contributed by atoms with Gasteiger partial charge in [0.2, 0.25) is 18.1 Å². The summed E-state index contributed by atoms with van der Waals surface area (Å²) in [6.45, 7) is 5.77. The summed E-state index contributed by atoms with van der Waals surface area (Å²) >= 11 is 0. The lowest BCUT2D eigenvalue weighted by atomic mass is 9.94. The molecule has 0 aliphatic carbocycles. The number of carbonyl (C=O) groups is 4. The highest BCUT2D eigenvalue weighted by atomic mass is 16.8. The minimum absolute atomic E-state index is 0.0792. The van der Waals surface area contributed by atoms with Crippen LogP contribution in [0.4, 0.5) is 9.59 Å². The van der Waals surface area contributed by atoms with Gasteiger partial charge in [0.1, 0.15) is 18.0 Å². The number of amides is 4. The molecule has 0 radical (unpaired) electrons. The topological polar surface area (TPSA) is 134 Å². The van der Waals surface area contributed by atoms with Crippen LogP contribution in [0.2, 0.25) is 0 Å². The van der Waals surface area contributed by atoms with E-state index in [0.29, 0.717) is 12.3 Å². The number of nitrogens with one attached hydrogen (secondary N) is 1. The number of fused-ring (bicyclic) bond motifs is 2. The van der Waals surface area contributed by atoms with Gasteiger partial charge in [0.05, 0.1) is 24.7 Å². The predicted molar refractivity (Wildman–Crippen MR) is 188 cm³/mol. The Kier molecular flexibility index (Phi) is 10.7. The average molecular weight is 695 g/mol. The number of hydrogen-bond acceptors (Lipinski definition) is 9. The maximum Gasteiger partial charge on any atom is 0.511 e. The molecule has 0 bridgehead atoms. The number of nitrogens with zero attached hydrogens (tertiary/aromatic N) is 5. The first-order valence-electron chi connectivity index (χ1n) is 17.0. The van der Waals surface area contributed by atoms with Crippen LogP contribution in [0.25, 0.3) is 10.9 Å². The van der Waals surface area contributed by atoms with Gasteiger partial charge >= 0.3 is 12.2 Å². The molecule has 2 unspecified atom stereocenters. The third-order valence-corrected chi connectivity index (χ3v) is 9.11. The predicted octanol–water partition coefficient (Wildman–Crippen LogP) is 4.70. The zero-order valence-corrected chi connectivity index (χ0v) is 29.1. The Bertz CT molecular complexity index is 1870. The van der Waals surface area contributed by atoms with Gasteiger partial charge in [-0.3, -0.25) is 14.6 Å². The molecule has 13 nitrogen and oxygen atoms in total. The fraction of sp³-hybridized carbons (Fsp3) is 0.342. The molecule has 6 rings (SSSR count). The number of aromatic nitrogens is 1. The van der Waals surface area contributed by atoms with E-state index in [1.165, 1.54) is 0 Å². The van der Waals surface area contributed by atoms with Gasteiger partial charge in [-0.2, -0.15) is 0 Å². The van der Waals surface area contributed by atoms with Crippen molar-refractivity contribution in [1.29, 1.82) is 0 Å². The molecule has 3 heterocycles. The van der Waals surface area contributed by atoms with E-state index in [4.69, 9.17) is 14.2 Å². The van der Waals surface area contributed by atoms with Crippen LogP contribution in [0.5, 0.6) is 5.75 Å². The van der Waals surface area contributed by atoms with Crippen molar-refractivity contribution in [3.8, 4) is 5.75 Å². The van der Waals surface area contributed by atoms with Gasteiger partial charge in [-0.15, -0.1) is 0 Å². The van der Waals surface area contributed by atoms with Crippen LogP contribution in [-0.2, 0) is 38.6 Å². The van der Waals surface area contributed by atoms with Crippen LogP contribution in [0, 0.1) is 0 Å². The van der Waals surface area contributed by atoms with Crippen molar-refractivity contribution in [2.75, 3.05) is 20.2 Å². The fourth-order valence-corrected chi connectivity index (χ4v) is 6.73. The Morgan fingerprint density at radius 3 is 2.45 bits per heavy atom. The molecular weight excluding hydrogens is 652 g/mol. The molecule has 3 aromatic carbocycles. The van der Waals surface area contributed by atoms with Crippen LogP contribution in [0.1, 0.15) is 37.5 Å². The summed E-state index contributed by atoms with van der Waals surface area (Å²) in [6, 6.07) is 24.5. The molecular formula is C38H42N6O7.